The Morgan fingerprint density at radius 2 is 1.89 bits per heavy atom. The van der Waals surface area contributed by atoms with Gasteiger partial charge in [0, 0.05) is 19.5 Å². The third kappa shape index (κ3) is 5.73. The van der Waals surface area contributed by atoms with Gasteiger partial charge in [-0.1, -0.05) is 62.2 Å². The standard InChI is InChI=1S/C17H25NO/c1-4-6-12-18(17(19)5-2)14-15(3)13-16-10-8-7-9-11-16/h7-11,13H,4-6,12,14H2,1-3H3/b15-13+. The molecular weight excluding hydrogens is 234 g/mol. The molecule has 0 aliphatic heterocycles. The normalized spacial score (nSPS) is 11.4. The van der Waals surface area contributed by atoms with Gasteiger partial charge in [0.15, 0.2) is 0 Å². The van der Waals surface area contributed by atoms with Gasteiger partial charge in [0.1, 0.15) is 0 Å². The van der Waals surface area contributed by atoms with Gasteiger partial charge in [-0.3, -0.25) is 4.79 Å². The van der Waals surface area contributed by atoms with Crippen molar-refractivity contribution in [3.05, 3.63) is 41.5 Å². The lowest BCUT2D eigenvalue weighted by molar-refractivity contribution is -0.130. The molecule has 0 aromatic heterocycles. The van der Waals surface area contributed by atoms with Gasteiger partial charge in [0.2, 0.25) is 5.91 Å². The van der Waals surface area contributed by atoms with E-state index in [4.69, 9.17) is 0 Å². The van der Waals surface area contributed by atoms with Crippen molar-refractivity contribution in [2.45, 2.75) is 40.0 Å². The van der Waals surface area contributed by atoms with Crippen molar-refractivity contribution in [2.75, 3.05) is 13.1 Å². The van der Waals surface area contributed by atoms with E-state index in [0.717, 1.165) is 25.9 Å². The van der Waals surface area contributed by atoms with Crippen molar-refractivity contribution in [1.82, 2.24) is 4.90 Å². The molecule has 0 spiro atoms. The van der Waals surface area contributed by atoms with Gasteiger partial charge in [0.05, 0.1) is 0 Å². The average Bonchev–Trinajstić information content (AvgIpc) is 2.43. The number of benzene rings is 1. The molecule has 0 saturated carbocycles. The molecule has 0 atom stereocenters. The molecule has 2 nitrogen and oxygen atoms in total. The van der Waals surface area contributed by atoms with Crippen LogP contribution in [0.5, 0.6) is 0 Å². The number of carbonyl (C=O) groups excluding carboxylic acids is 1. The Morgan fingerprint density at radius 3 is 2.47 bits per heavy atom. The van der Waals surface area contributed by atoms with Crippen LogP contribution in [0.25, 0.3) is 6.08 Å². The molecule has 0 aliphatic carbocycles. The maximum absolute atomic E-state index is 11.9. The van der Waals surface area contributed by atoms with E-state index in [0.29, 0.717) is 6.42 Å². The van der Waals surface area contributed by atoms with Gasteiger partial charge in [0.25, 0.3) is 0 Å². The van der Waals surface area contributed by atoms with Gasteiger partial charge in [-0.15, -0.1) is 0 Å². The second-order valence-corrected chi connectivity index (χ2v) is 4.92. The average molecular weight is 259 g/mol. The van der Waals surface area contributed by atoms with Crippen LogP contribution in [-0.2, 0) is 4.79 Å². The van der Waals surface area contributed by atoms with Crippen LogP contribution in [0.15, 0.2) is 35.9 Å². The summed E-state index contributed by atoms with van der Waals surface area (Å²) in [6, 6.07) is 10.3. The lowest BCUT2D eigenvalue weighted by Crippen LogP contribution is -2.32. The lowest BCUT2D eigenvalue weighted by Gasteiger charge is -2.22. The largest absolute Gasteiger partial charge is 0.339 e. The van der Waals surface area contributed by atoms with Crippen LogP contribution < -0.4 is 0 Å². The Balaban J connectivity index is 2.67. The van der Waals surface area contributed by atoms with Crippen molar-refractivity contribution in [3.8, 4) is 0 Å². The minimum Gasteiger partial charge on any atom is -0.339 e. The number of amides is 1. The zero-order chi connectivity index (χ0) is 14.1. The van der Waals surface area contributed by atoms with E-state index in [1.807, 2.05) is 30.0 Å². The van der Waals surface area contributed by atoms with Gasteiger partial charge in [-0.05, 0) is 18.9 Å². The fraction of sp³-hybridized carbons (Fsp3) is 0.471. The Morgan fingerprint density at radius 1 is 1.21 bits per heavy atom. The number of carbonyl (C=O) groups is 1. The van der Waals surface area contributed by atoms with Crippen molar-refractivity contribution in [3.63, 3.8) is 0 Å². The number of nitrogens with zero attached hydrogens (tertiary/aromatic N) is 1. The van der Waals surface area contributed by atoms with E-state index in [1.165, 1.54) is 11.1 Å². The highest BCUT2D eigenvalue weighted by Gasteiger charge is 2.10. The number of rotatable bonds is 7. The summed E-state index contributed by atoms with van der Waals surface area (Å²) in [5.41, 5.74) is 2.42. The molecule has 0 bridgehead atoms. The predicted octanol–water partition coefficient (Wildman–Crippen LogP) is 4.13. The van der Waals surface area contributed by atoms with Gasteiger partial charge in [-0.25, -0.2) is 0 Å². The summed E-state index contributed by atoms with van der Waals surface area (Å²) in [7, 11) is 0. The summed E-state index contributed by atoms with van der Waals surface area (Å²) >= 11 is 0. The van der Waals surface area contributed by atoms with Crippen LogP contribution in [0.4, 0.5) is 0 Å². The molecule has 19 heavy (non-hydrogen) atoms. The van der Waals surface area contributed by atoms with Crippen LogP contribution in [0.2, 0.25) is 0 Å². The van der Waals surface area contributed by atoms with Crippen molar-refractivity contribution in [2.24, 2.45) is 0 Å². The summed E-state index contributed by atoms with van der Waals surface area (Å²) in [6.07, 6.45) is 4.93. The molecule has 0 N–H and O–H groups in total. The van der Waals surface area contributed by atoms with Crippen LogP contribution in [-0.4, -0.2) is 23.9 Å². The van der Waals surface area contributed by atoms with E-state index in [9.17, 15) is 4.79 Å². The smallest absolute Gasteiger partial charge is 0.222 e. The Kier molecular flexibility index (Phi) is 6.94. The number of hydrogen-bond acceptors (Lipinski definition) is 1. The van der Waals surface area contributed by atoms with Gasteiger partial charge < -0.3 is 4.90 Å². The van der Waals surface area contributed by atoms with E-state index >= 15 is 0 Å². The number of hydrogen-bond donors (Lipinski definition) is 0. The first-order chi connectivity index (χ1) is 9.17. The van der Waals surface area contributed by atoms with Crippen LogP contribution in [0.3, 0.4) is 0 Å². The molecule has 0 saturated heterocycles. The third-order valence-electron chi connectivity index (χ3n) is 3.09. The molecule has 1 aromatic carbocycles. The molecule has 0 unspecified atom stereocenters. The zero-order valence-corrected chi connectivity index (χ0v) is 12.4. The second-order valence-electron chi connectivity index (χ2n) is 4.92. The first-order valence-corrected chi connectivity index (χ1v) is 7.17. The van der Waals surface area contributed by atoms with Gasteiger partial charge in [-0.2, -0.15) is 0 Å². The number of unbranched alkanes of at least 4 members (excludes halogenated alkanes) is 1. The van der Waals surface area contributed by atoms with Crippen molar-refractivity contribution < 1.29 is 4.79 Å². The maximum Gasteiger partial charge on any atom is 0.222 e. The topological polar surface area (TPSA) is 20.3 Å². The molecule has 0 fully saturated rings. The summed E-state index contributed by atoms with van der Waals surface area (Å²) < 4.78 is 0. The lowest BCUT2D eigenvalue weighted by atomic mass is 10.1. The fourth-order valence-corrected chi connectivity index (χ4v) is 2.04. The molecule has 2 heteroatoms. The highest BCUT2D eigenvalue weighted by Crippen LogP contribution is 2.09. The molecule has 0 radical (unpaired) electrons. The van der Waals surface area contributed by atoms with Crippen LogP contribution in [0.1, 0.15) is 45.6 Å². The highest BCUT2D eigenvalue weighted by molar-refractivity contribution is 5.76. The first-order valence-electron chi connectivity index (χ1n) is 7.17. The Hall–Kier alpha value is -1.57. The van der Waals surface area contributed by atoms with E-state index in [2.05, 4.69) is 32.1 Å². The fourth-order valence-electron chi connectivity index (χ4n) is 2.04. The molecular formula is C17H25NO. The zero-order valence-electron chi connectivity index (χ0n) is 12.4. The highest BCUT2D eigenvalue weighted by atomic mass is 16.2. The molecule has 0 heterocycles. The maximum atomic E-state index is 11.9. The Bertz CT molecular complexity index is 409. The van der Waals surface area contributed by atoms with Crippen LogP contribution >= 0.6 is 0 Å². The van der Waals surface area contributed by atoms with Gasteiger partial charge >= 0.3 is 0 Å². The monoisotopic (exact) mass is 259 g/mol. The molecule has 1 amide bonds. The molecule has 1 rings (SSSR count). The summed E-state index contributed by atoms with van der Waals surface area (Å²) in [4.78, 5) is 13.9. The second kappa shape index (κ2) is 8.52. The quantitative estimate of drug-likeness (QED) is 0.721. The molecule has 0 aliphatic rings. The van der Waals surface area contributed by atoms with E-state index in [1.54, 1.807) is 0 Å². The molecule has 104 valence electrons. The van der Waals surface area contributed by atoms with Crippen molar-refractivity contribution in [1.29, 1.82) is 0 Å². The molecule has 1 aromatic rings. The van der Waals surface area contributed by atoms with E-state index in [-0.39, 0.29) is 5.91 Å². The third-order valence-corrected chi connectivity index (χ3v) is 3.09. The Labute approximate surface area is 117 Å². The first kappa shape index (κ1) is 15.5. The summed E-state index contributed by atoms with van der Waals surface area (Å²) in [6.45, 7) is 7.78. The SMILES string of the molecule is CCCCN(C/C(C)=C/c1ccccc1)C(=O)CC. The minimum atomic E-state index is 0.245. The van der Waals surface area contributed by atoms with Crippen LogP contribution in [0, 0.1) is 0 Å². The summed E-state index contributed by atoms with van der Waals surface area (Å²) in [5.74, 6) is 0.245. The van der Waals surface area contributed by atoms with E-state index < -0.39 is 0 Å². The predicted molar refractivity (Wildman–Crippen MR) is 81.9 cm³/mol. The minimum absolute atomic E-state index is 0.245. The summed E-state index contributed by atoms with van der Waals surface area (Å²) in [5, 5.41) is 0. The van der Waals surface area contributed by atoms with Crippen molar-refractivity contribution >= 4 is 12.0 Å².